The molecule has 3 rings (SSSR count). The predicted molar refractivity (Wildman–Crippen MR) is 112 cm³/mol. The van der Waals surface area contributed by atoms with Gasteiger partial charge in [0.1, 0.15) is 5.60 Å². The highest BCUT2D eigenvalue weighted by molar-refractivity contribution is 7.93. The normalized spacial score (nSPS) is 23.9. The van der Waals surface area contributed by atoms with Crippen molar-refractivity contribution in [3.8, 4) is 0 Å². The Bertz CT molecular complexity index is 897. The van der Waals surface area contributed by atoms with Gasteiger partial charge < -0.3 is 14.4 Å². The zero-order valence-corrected chi connectivity index (χ0v) is 19.0. The topological polar surface area (TPSA) is 90.0 Å². The summed E-state index contributed by atoms with van der Waals surface area (Å²) in [6, 6.07) is 8.10. The largest absolute Gasteiger partial charge is 0.468 e. The summed E-state index contributed by atoms with van der Waals surface area (Å²) in [5, 5.41) is 0. The van der Waals surface area contributed by atoms with Crippen molar-refractivity contribution in [1.82, 2.24) is 4.90 Å². The van der Waals surface area contributed by atoms with Crippen molar-refractivity contribution in [2.24, 2.45) is 5.41 Å². The number of carbonyl (C=O) groups excluding carboxylic acids is 2. The number of methoxy groups -OCH3 is 1. The molecule has 0 N–H and O–H groups in total. The van der Waals surface area contributed by atoms with E-state index in [1.807, 2.05) is 20.8 Å². The van der Waals surface area contributed by atoms with Crippen LogP contribution in [0.25, 0.3) is 0 Å². The van der Waals surface area contributed by atoms with Crippen LogP contribution < -0.4 is 0 Å². The third kappa shape index (κ3) is 4.06. The molecule has 2 fully saturated rings. The monoisotopic (exact) mass is 437 g/mol. The number of benzene rings is 1. The quantitative estimate of drug-likeness (QED) is 0.672. The highest BCUT2D eigenvalue weighted by atomic mass is 32.2. The van der Waals surface area contributed by atoms with Crippen molar-refractivity contribution in [3.63, 3.8) is 0 Å². The van der Waals surface area contributed by atoms with Crippen LogP contribution >= 0.6 is 0 Å². The minimum atomic E-state index is -3.92. The average Bonchev–Trinajstić information content (AvgIpc) is 3.08. The molecule has 0 aromatic heterocycles. The molecule has 1 unspecified atom stereocenters. The Morgan fingerprint density at radius 3 is 2.13 bits per heavy atom. The molecule has 166 valence electrons. The van der Waals surface area contributed by atoms with E-state index in [1.54, 1.807) is 23.1 Å². The minimum absolute atomic E-state index is 0.138. The summed E-state index contributed by atoms with van der Waals surface area (Å²) in [7, 11) is -2.68. The average molecular weight is 438 g/mol. The van der Waals surface area contributed by atoms with E-state index in [1.165, 1.54) is 19.2 Å². The van der Waals surface area contributed by atoms with Gasteiger partial charge in [-0.3, -0.25) is 4.79 Å². The third-order valence-electron chi connectivity index (χ3n) is 6.32. The van der Waals surface area contributed by atoms with E-state index in [-0.39, 0.29) is 29.2 Å². The van der Waals surface area contributed by atoms with Crippen LogP contribution in [0, 0.1) is 5.41 Å². The first kappa shape index (κ1) is 22.6. The van der Waals surface area contributed by atoms with E-state index in [2.05, 4.69) is 0 Å². The SMILES string of the molecule is COC(=O)C1(S(=O)(=O)c2ccccc2)CCC2(CCN(C(=O)OC(C)(C)C)CC2)C1. The van der Waals surface area contributed by atoms with Gasteiger partial charge >= 0.3 is 12.1 Å². The molecule has 30 heavy (non-hydrogen) atoms. The van der Waals surface area contributed by atoms with Crippen molar-refractivity contribution in [3.05, 3.63) is 30.3 Å². The summed E-state index contributed by atoms with van der Waals surface area (Å²) in [6.07, 6.45) is 1.96. The molecule has 1 aliphatic carbocycles. The van der Waals surface area contributed by atoms with Gasteiger partial charge in [-0.2, -0.15) is 0 Å². The molecule has 7 nitrogen and oxygen atoms in total. The first-order valence-electron chi connectivity index (χ1n) is 10.3. The van der Waals surface area contributed by atoms with Crippen molar-refractivity contribution < 1.29 is 27.5 Å². The fourth-order valence-electron chi connectivity index (χ4n) is 4.69. The smallest absolute Gasteiger partial charge is 0.410 e. The van der Waals surface area contributed by atoms with Gasteiger partial charge in [0, 0.05) is 13.1 Å². The maximum absolute atomic E-state index is 13.5. The summed E-state index contributed by atoms with van der Waals surface area (Å²) in [5.74, 6) is -0.696. The van der Waals surface area contributed by atoms with Crippen LogP contribution in [0.2, 0.25) is 0 Å². The summed E-state index contributed by atoms with van der Waals surface area (Å²) in [5.41, 5.74) is -0.877. The summed E-state index contributed by atoms with van der Waals surface area (Å²) in [4.78, 5) is 27.0. The van der Waals surface area contributed by atoms with Gasteiger partial charge in [0.25, 0.3) is 0 Å². The summed E-state index contributed by atoms with van der Waals surface area (Å²) in [6.45, 7) is 6.44. The Morgan fingerprint density at radius 2 is 1.60 bits per heavy atom. The van der Waals surface area contributed by atoms with E-state index >= 15 is 0 Å². The number of hydrogen-bond acceptors (Lipinski definition) is 6. The van der Waals surface area contributed by atoms with Crippen molar-refractivity contribution in [2.75, 3.05) is 20.2 Å². The Kier molecular flexibility index (Phi) is 5.93. The second-order valence-corrected chi connectivity index (χ2v) is 11.7. The molecule has 1 saturated carbocycles. The van der Waals surface area contributed by atoms with E-state index in [0.29, 0.717) is 32.4 Å². The van der Waals surface area contributed by atoms with Gasteiger partial charge in [-0.1, -0.05) is 18.2 Å². The highest BCUT2D eigenvalue weighted by Crippen LogP contribution is 2.55. The fourth-order valence-corrected chi connectivity index (χ4v) is 6.83. The summed E-state index contributed by atoms with van der Waals surface area (Å²) >= 11 is 0. The van der Waals surface area contributed by atoms with Crippen LogP contribution in [0.15, 0.2) is 35.2 Å². The van der Waals surface area contributed by atoms with Gasteiger partial charge in [-0.05, 0) is 70.4 Å². The number of esters is 1. The number of carbonyl (C=O) groups is 2. The number of hydrogen-bond donors (Lipinski definition) is 0. The number of likely N-dealkylation sites (tertiary alicyclic amines) is 1. The van der Waals surface area contributed by atoms with E-state index < -0.39 is 26.2 Å². The van der Waals surface area contributed by atoms with Crippen LogP contribution in [0.1, 0.15) is 52.9 Å². The van der Waals surface area contributed by atoms with Crippen LogP contribution in [0.3, 0.4) is 0 Å². The predicted octanol–water partition coefficient (Wildman–Crippen LogP) is 3.57. The second-order valence-electron chi connectivity index (χ2n) is 9.45. The fraction of sp³-hybridized carbons (Fsp3) is 0.636. The molecule has 1 atom stereocenters. The van der Waals surface area contributed by atoms with Crippen molar-refractivity contribution in [2.45, 2.75) is 68.1 Å². The molecule has 1 aromatic carbocycles. The van der Waals surface area contributed by atoms with E-state index in [4.69, 9.17) is 9.47 Å². The molecule has 8 heteroatoms. The lowest BCUT2D eigenvalue weighted by molar-refractivity contribution is -0.144. The molecule has 0 radical (unpaired) electrons. The molecule has 1 heterocycles. The maximum Gasteiger partial charge on any atom is 0.410 e. The lowest BCUT2D eigenvalue weighted by atomic mass is 9.76. The van der Waals surface area contributed by atoms with Gasteiger partial charge in [0.2, 0.25) is 0 Å². The van der Waals surface area contributed by atoms with Gasteiger partial charge in [-0.15, -0.1) is 0 Å². The molecule has 1 amide bonds. The molecule has 2 aliphatic rings. The number of ether oxygens (including phenoxy) is 2. The Hall–Kier alpha value is -2.09. The lowest BCUT2D eigenvalue weighted by Crippen LogP contribution is -2.48. The molecule has 1 spiro atoms. The Labute approximate surface area is 178 Å². The van der Waals surface area contributed by atoms with E-state index in [0.717, 1.165) is 0 Å². The standard InChI is InChI=1S/C22H31NO6S/c1-20(2,3)29-19(25)23-14-12-21(13-15-23)10-11-22(16-21,18(24)28-4)30(26,27)17-8-6-5-7-9-17/h5-9H,10-16H2,1-4H3. The van der Waals surface area contributed by atoms with Gasteiger partial charge in [-0.25, -0.2) is 13.2 Å². The van der Waals surface area contributed by atoms with Crippen LogP contribution in [-0.4, -0.2) is 55.9 Å². The number of nitrogens with zero attached hydrogens (tertiary/aromatic N) is 1. The van der Waals surface area contributed by atoms with Crippen LogP contribution in [-0.2, 0) is 24.1 Å². The number of rotatable bonds is 3. The second kappa shape index (κ2) is 7.87. The molecular weight excluding hydrogens is 406 g/mol. The molecular formula is C22H31NO6S. The van der Waals surface area contributed by atoms with Gasteiger partial charge in [0.05, 0.1) is 12.0 Å². The Balaban J connectivity index is 1.82. The van der Waals surface area contributed by atoms with Crippen molar-refractivity contribution in [1.29, 1.82) is 0 Å². The minimum Gasteiger partial charge on any atom is -0.468 e. The van der Waals surface area contributed by atoms with Crippen LogP contribution in [0.4, 0.5) is 4.79 Å². The molecule has 1 aliphatic heterocycles. The maximum atomic E-state index is 13.5. The number of piperidine rings is 1. The molecule has 0 bridgehead atoms. The zero-order chi connectivity index (χ0) is 22.2. The third-order valence-corrected chi connectivity index (χ3v) is 8.76. The lowest BCUT2D eigenvalue weighted by Gasteiger charge is -2.40. The molecule has 1 saturated heterocycles. The Morgan fingerprint density at radius 1 is 1.00 bits per heavy atom. The summed E-state index contributed by atoms with van der Waals surface area (Å²) < 4.78 is 35.9. The van der Waals surface area contributed by atoms with Crippen LogP contribution in [0.5, 0.6) is 0 Å². The number of sulfone groups is 1. The number of amides is 1. The zero-order valence-electron chi connectivity index (χ0n) is 18.1. The van der Waals surface area contributed by atoms with Gasteiger partial charge in [0.15, 0.2) is 14.6 Å². The first-order valence-corrected chi connectivity index (χ1v) is 11.8. The highest BCUT2D eigenvalue weighted by Gasteiger charge is 2.61. The van der Waals surface area contributed by atoms with Crippen molar-refractivity contribution >= 4 is 21.9 Å². The van der Waals surface area contributed by atoms with E-state index in [9.17, 15) is 18.0 Å². The first-order chi connectivity index (χ1) is 13.9. The molecule has 1 aromatic rings.